The average molecular weight is 479 g/mol. The maximum Gasteiger partial charge on any atom is 0.0963 e. The molecule has 6 heteroatoms. The SMILES string of the molecule is CCN1CCN(c2ccc(-c3cnc4c(n3)C(c3ccc5ncn(C(C)(C)C)c5c3)=CC4)cc2)CC1. The van der Waals surface area contributed by atoms with E-state index in [1.165, 1.54) is 11.3 Å². The quantitative estimate of drug-likeness (QED) is 0.394. The van der Waals surface area contributed by atoms with Crippen LogP contribution in [0.2, 0.25) is 0 Å². The third kappa shape index (κ3) is 4.09. The van der Waals surface area contributed by atoms with Gasteiger partial charge in [-0.05, 0) is 57.1 Å². The van der Waals surface area contributed by atoms with E-state index >= 15 is 0 Å². The summed E-state index contributed by atoms with van der Waals surface area (Å²) < 4.78 is 2.24. The van der Waals surface area contributed by atoms with Crippen molar-refractivity contribution in [2.24, 2.45) is 0 Å². The summed E-state index contributed by atoms with van der Waals surface area (Å²) in [6.07, 6.45) is 6.93. The molecule has 2 aliphatic rings. The number of aromatic nitrogens is 4. The van der Waals surface area contributed by atoms with Gasteiger partial charge in [-0.1, -0.05) is 31.2 Å². The number of fused-ring (bicyclic) bond motifs is 2. The third-order valence-electron chi connectivity index (χ3n) is 7.53. The highest BCUT2D eigenvalue weighted by Crippen LogP contribution is 2.34. The van der Waals surface area contributed by atoms with E-state index in [1.54, 1.807) is 0 Å². The first kappa shape index (κ1) is 22.9. The molecule has 1 aliphatic carbocycles. The predicted octanol–water partition coefficient (Wildman–Crippen LogP) is 5.38. The fourth-order valence-electron chi connectivity index (χ4n) is 5.34. The lowest BCUT2D eigenvalue weighted by molar-refractivity contribution is 0.271. The van der Waals surface area contributed by atoms with Crippen molar-refractivity contribution in [1.29, 1.82) is 0 Å². The molecule has 1 fully saturated rings. The van der Waals surface area contributed by atoms with E-state index in [-0.39, 0.29) is 5.54 Å². The number of likely N-dealkylation sites (N-methyl/N-ethyl adjacent to an activating group) is 1. The number of nitrogens with zero attached hydrogens (tertiary/aromatic N) is 6. The molecular weight excluding hydrogens is 444 g/mol. The molecule has 6 nitrogen and oxygen atoms in total. The number of rotatable bonds is 4. The summed E-state index contributed by atoms with van der Waals surface area (Å²) in [5.74, 6) is 0. The van der Waals surface area contributed by atoms with E-state index < -0.39 is 0 Å². The fraction of sp³-hybridized carbons (Fsp3) is 0.367. The zero-order chi connectivity index (χ0) is 24.9. The Labute approximate surface area is 213 Å². The minimum Gasteiger partial charge on any atom is -0.369 e. The molecule has 0 bridgehead atoms. The summed E-state index contributed by atoms with van der Waals surface area (Å²) in [5.41, 5.74) is 9.81. The lowest BCUT2D eigenvalue weighted by Gasteiger charge is -2.35. The number of hydrogen-bond donors (Lipinski definition) is 0. The van der Waals surface area contributed by atoms with Crippen LogP contribution in [0, 0.1) is 0 Å². The first-order valence-electron chi connectivity index (χ1n) is 13.0. The molecule has 3 heterocycles. The number of piperazine rings is 1. The molecule has 1 aliphatic heterocycles. The number of imidazole rings is 1. The van der Waals surface area contributed by atoms with Crippen LogP contribution in [0.5, 0.6) is 0 Å². The summed E-state index contributed by atoms with van der Waals surface area (Å²) in [7, 11) is 0. The Balaban J connectivity index is 1.28. The van der Waals surface area contributed by atoms with Gasteiger partial charge >= 0.3 is 0 Å². The van der Waals surface area contributed by atoms with Crippen LogP contribution in [0.15, 0.2) is 61.1 Å². The standard InChI is InChI=1S/C30H34N6/c1-5-34-14-16-35(17-15-34)23-9-6-21(7-10-23)27-19-31-26-13-11-24(29(26)33-27)22-8-12-25-28(18-22)36(20-32-25)30(2,3)4/h6-12,18-20H,5,13-17H2,1-4H3. The summed E-state index contributed by atoms with van der Waals surface area (Å²) in [6, 6.07) is 15.3. The molecular formula is C30H34N6. The fourth-order valence-corrected chi connectivity index (χ4v) is 5.34. The molecule has 184 valence electrons. The molecule has 2 aromatic carbocycles. The van der Waals surface area contributed by atoms with Crippen LogP contribution in [0.25, 0.3) is 27.9 Å². The molecule has 0 unspecified atom stereocenters. The maximum atomic E-state index is 5.11. The molecule has 0 spiro atoms. The molecule has 0 atom stereocenters. The van der Waals surface area contributed by atoms with Crippen LogP contribution in [0.4, 0.5) is 5.69 Å². The third-order valence-corrected chi connectivity index (χ3v) is 7.53. The van der Waals surface area contributed by atoms with E-state index in [9.17, 15) is 0 Å². The highest BCUT2D eigenvalue weighted by molar-refractivity contribution is 5.88. The summed E-state index contributed by atoms with van der Waals surface area (Å²) in [6.45, 7) is 14.4. The van der Waals surface area contributed by atoms with Gasteiger partial charge in [0.05, 0.1) is 40.6 Å². The molecule has 6 rings (SSSR count). The zero-order valence-corrected chi connectivity index (χ0v) is 21.7. The Bertz CT molecular complexity index is 1430. The van der Waals surface area contributed by atoms with Crippen LogP contribution >= 0.6 is 0 Å². The van der Waals surface area contributed by atoms with E-state index in [2.05, 4.69) is 95.6 Å². The predicted molar refractivity (Wildman–Crippen MR) is 147 cm³/mol. The van der Waals surface area contributed by atoms with Crippen LogP contribution in [0.3, 0.4) is 0 Å². The van der Waals surface area contributed by atoms with E-state index in [0.29, 0.717) is 0 Å². The second-order valence-corrected chi connectivity index (χ2v) is 10.8. The topological polar surface area (TPSA) is 50.1 Å². The summed E-state index contributed by atoms with van der Waals surface area (Å²) >= 11 is 0. The molecule has 36 heavy (non-hydrogen) atoms. The molecule has 4 aromatic rings. The Morgan fingerprint density at radius 2 is 1.64 bits per heavy atom. The number of anilines is 1. The Kier molecular flexibility index (Phi) is 5.64. The smallest absolute Gasteiger partial charge is 0.0963 e. The van der Waals surface area contributed by atoms with Gasteiger partial charge in [-0.25, -0.2) is 9.97 Å². The molecule has 0 amide bonds. The molecule has 0 saturated carbocycles. The monoisotopic (exact) mass is 478 g/mol. The van der Waals surface area contributed by atoms with Crippen molar-refractivity contribution in [3.63, 3.8) is 0 Å². The molecule has 0 N–H and O–H groups in total. The van der Waals surface area contributed by atoms with Crippen molar-refractivity contribution < 1.29 is 0 Å². The summed E-state index contributed by atoms with van der Waals surface area (Å²) in [5, 5.41) is 0. The van der Waals surface area contributed by atoms with Crippen LogP contribution in [-0.2, 0) is 12.0 Å². The normalized spacial score (nSPS) is 16.4. The van der Waals surface area contributed by atoms with Gasteiger partial charge in [0, 0.05) is 55.0 Å². The Morgan fingerprint density at radius 1 is 0.889 bits per heavy atom. The summed E-state index contributed by atoms with van der Waals surface area (Å²) in [4.78, 5) is 19.5. The van der Waals surface area contributed by atoms with Crippen molar-refractivity contribution in [3.05, 3.63) is 78.0 Å². The Hall–Kier alpha value is -3.51. The minimum atomic E-state index is -0.0297. The van der Waals surface area contributed by atoms with Crippen molar-refractivity contribution in [3.8, 4) is 11.3 Å². The number of hydrogen-bond acceptors (Lipinski definition) is 5. The van der Waals surface area contributed by atoms with Crippen molar-refractivity contribution in [2.75, 3.05) is 37.6 Å². The van der Waals surface area contributed by atoms with Gasteiger partial charge in [0.15, 0.2) is 0 Å². The van der Waals surface area contributed by atoms with Gasteiger partial charge in [0.2, 0.25) is 0 Å². The van der Waals surface area contributed by atoms with Crippen LogP contribution in [0.1, 0.15) is 44.6 Å². The average Bonchev–Trinajstić information content (AvgIpc) is 3.52. The lowest BCUT2D eigenvalue weighted by Crippen LogP contribution is -2.46. The first-order chi connectivity index (χ1) is 17.4. The molecule has 0 radical (unpaired) electrons. The van der Waals surface area contributed by atoms with E-state index in [4.69, 9.17) is 9.97 Å². The molecule has 1 saturated heterocycles. The van der Waals surface area contributed by atoms with Crippen molar-refractivity contribution in [1.82, 2.24) is 24.4 Å². The number of allylic oxidation sites excluding steroid dienone is 1. The van der Waals surface area contributed by atoms with Crippen molar-refractivity contribution in [2.45, 2.75) is 39.7 Å². The number of benzene rings is 2. The zero-order valence-electron chi connectivity index (χ0n) is 21.7. The second-order valence-electron chi connectivity index (χ2n) is 10.8. The Morgan fingerprint density at radius 3 is 2.36 bits per heavy atom. The van der Waals surface area contributed by atoms with Gasteiger partial charge in [-0.3, -0.25) is 4.98 Å². The maximum absolute atomic E-state index is 5.11. The molecule has 2 aromatic heterocycles. The largest absolute Gasteiger partial charge is 0.369 e. The second kappa shape index (κ2) is 8.86. The van der Waals surface area contributed by atoms with Crippen molar-refractivity contribution >= 4 is 22.3 Å². The van der Waals surface area contributed by atoms with Gasteiger partial charge in [0.25, 0.3) is 0 Å². The van der Waals surface area contributed by atoms with Gasteiger partial charge < -0.3 is 14.4 Å². The van der Waals surface area contributed by atoms with Crippen LogP contribution in [-0.4, -0.2) is 57.1 Å². The first-order valence-corrected chi connectivity index (χ1v) is 13.0. The van der Waals surface area contributed by atoms with E-state index in [1.807, 2.05) is 12.5 Å². The van der Waals surface area contributed by atoms with Gasteiger partial charge in [-0.2, -0.15) is 0 Å². The lowest BCUT2D eigenvalue weighted by atomic mass is 10.0. The van der Waals surface area contributed by atoms with Gasteiger partial charge in [-0.15, -0.1) is 0 Å². The van der Waals surface area contributed by atoms with Gasteiger partial charge in [0.1, 0.15) is 0 Å². The van der Waals surface area contributed by atoms with E-state index in [0.717, 1.165) is 78.4 Å². The highest BCUT2D eigenvalue weighted by Gasteiger charge is 2.22. The highest BCUT2D eigenvalue weighted by atomic mass is 15.3. The van der Waals surface area contributed by atoms with Crippen LogP contribution < -0.4 is 4.90 Å². The minimum absolute atomic E-state index is 0.0297.